The van der Waals surface area contributed by atoms with Crippen LogP contribution in [0.2, 0.25) is 0 Å². The van der Waals surface area contributed by atoms with E-state index in [1.165, 1.54) is 23.9 Å². The lowest BCUT2D eigenvalue weighted by Gasteiger charge is -2.43. The number of benzene rings is 2. The van der Waals surface area contributed by atoms with Crippen molar-refractivity contribution in [2.75, 3.05) is 165 Å². The second kappa shape index (κ2) is 52.2. The Hall–Kier alpha value is -8.14. The molecular formula is C94H138N10O23S. The molecule has 34 heteroatoms. The highest BCUT2D eigenvalue weighted by atomic mass is 32.1. The molecule has 33 nitrogen and oxygen atoms in total. The number of amides is 2. The number of oxazole rings is 1. The summed E-state index contributed by atoms with van der Waals surface area (Å²) < 4.78 is 95.8. The number of methoxy groups -OCH3 is 4. The molecule has 1 aliphatic carbocycles. The zero-order valence-electron chi connectivity index (χ0n) is 76.6. The van der Waals surface area contributed by atoms with Crippen LogP contribution in [0.5, 0.6) is 0 Å². The van der Waals surface area contributed by atoms with Crippen LogP contribution in [0.15, 0.2) is 94.7 Å². The van der Waals surface area contributed by atoms with E-state index in [4.69, 9.17) is 104 Å². The third-order valence-corrected chi connectivity index (χ3v) is 25.2. The number of nitrogens with zero attached hydrogens (tertiary/aromatic N) is 7. The molecule has 4 aliphatic heterocycles. The number of hydrogen-bond donors (Lipinski definition) is 5. The summed E-state index contributed by atoms with van der Waals surface area (Å²) >= 11 is 5.65. The number of rotatable bonds is 38. The largest absolute Gasteiger partial charge is 0.465 e. The Kier molecular flexibility index (Phi) is 41.6. The van der Waals surface area contributed by atoms with Crippen LogP contribution in [0.3, 0.4) is 0 Å². The van der Waals surface area contributed by atoms with Crippen molar-refractivity contribution in [1.82, 2.24) is 39.8 Å². The minimum Gasteiger partial charge on any atom is -0.465 e. The molecule has 1 saturated carbocycles. The fraction of sp³-hybridized carbons (Fsp3) is 0.660. The Bertz CT molecular complexity index is 4490. The second-order valence-electron chi connectivity index (χ2n) is 34.3. The van der Waals surface area contributed by atoms with Crippen molar-refractivity contribution in [1.29, 1.82) is 0 Å². The number of esters is 1. The number of anilines is 2. The number of aliphatic hydroxyl groups is 2. The lowest BCUT2D eigenvalue weighted by molar-refractivity contribution is -0.265. The van der Waals surface area contributed by atoms with Gasteiger partial charge in [0.05, 0.1) is 148 Å². The molecule has 7 heterocycles. The van der Waals surface area contributed by atoms with E-state index in [1.54, 1.807) is 41.2 Å². The smallest absolute Gasteiger partial charge is 0.329 e. The van der Waals surface area contributed by atoms with Crippen molar-refractivity contribution in [3.05, 3.63) is 107 Å². The van der Waals surface area contributed by atoms with E-state index in [9.17, 15) is 34.2 Å². The first-order valence-corrected chi connectivity index (χ1v) is 45.8. The van der Waals surface area contributed by atoms with Crippen LogP contribution < -0.4 is 16.8 Å². The highest BCUT2D eigenvalue weighted by Crippen LogP contribution is 2.40. The van der Waals surface area contributed by atoms with Gasteiger partial charge in [0.15, 0.2) is 17.0 Å². The molecule has 7 N–H and O–H groups in total. The summed E-state index contributed by atoms with van der Waals surface area (Å²) in [6.07, 6.45) is 14.6. The van der Waals surface area contributed by atoms with Crippen LogP contribution in [0.1, 0.15) is 149 Å². The zero-order valence-corrected chi connectivity index (χ0v) is 77.4. The van der Waals surface area contributed by atoms with Gasteiger partial charge < -0.3 is 112 Å². The van der Waals surface area contributed by atoms with Gasteiger partial charge in [-0.3, -0.25) is 19.2 Å². The number of thiocarbonyl (C=S) groups is 1. The summed E-state index contributed by atoms with van der Waals surface area (Å²) in [7, 11) is 6.25. The van der Waals surface area contributed by atoms with Crippen LogP contribution in [0.25, 0.3) is 33.4 Å². The first kappa shape index (κ1) is 102. The van der Waals surface area contributed by atoms with Crippen molar-refractivity contribution in [2.24, 2.45) is 35.5 Å². The Labute approximate surface area is 757 Å². The quantitative estimate of drug-likeness (QED) is 0.00806. The van der Waals surface area contributed by atoms with Gasteiger partial charge in [-0.15, -0.1) is 0 Å². The summed E-state index contributed by atoms with van der Waals surface area (Å²) in [6, 6.07) is 10.8. The van der Waals surface area contributed by atoms with Crippen LogP contribution >= 0.6 is 12.2 Å². The molecule has 0 unspecified atom stereocenters. The lowest BCUT2D eigenvalue weighted by atomic mass is 9.78. The maximum atomic E-state index is 14.9. The van der Waals surface area contributed by atoms with E-state index in [2.05, 4.69) is 38.5 Å². The minimum atomic E-state index is -2.45. The van der Waals surface area contributed by atoms with Gasteiger partial charge in [-0.25, -0.2) is 19.4 Å². The van der Waals surface area contributed by atoms with Crippen molar-refractivity contribution in [2.45, 2.75) is 212 Å². The lowest BCUT2D eigenvalue weighted by Crippen LogP contribution is -2.61. The first-order chi connectivity index (χ1) is 61.8. The molecular weight excluding hydrogens is 1670 g/mol. The van der Waals surface area contributed by atoms with Crippen molar-refractivity contribution < 1.29 is 110 Å². The number of ether oxygens (including phenoxy) is 15. The summed E-state index contributed by atoms with van der Waals surface area (Å²) in [5.41, 5.74) is 20.1. The average molecular weight is 1810 g/mol. The molecule has 3 aromatic heterocycles. The van der Waals surface area contributed by atoms with Gasteiger partial charge in [0.1, 0.15) is 53.8 Å². The van der Waals surface area contributed by atoms with Gasteiger partial charge >= 0.3 is 5.97 Å². The number of hydrogen-bond acceptors (Lipinski definition) is 30. The van der Waals surface area contributed by atoms with E-state index in [1.807, 2.05) is 92.8 Å². The predicted molar refractivity (Wildman–Crippen MR) is 483 cm³/mol. The molecule has 128 heavy (non-hydrogen) atoms. The van der Waals surface area contributed by atoms with E-state index < -0.39 is 77.9 Å². The molecule has 0 radical (unpaired) electrons. The van der Waals surface area contributed by atoms with Crippen molar-refractivity contribution in [3.8, 4) is 11.3 Å². The molecule has 2 bridgehead atoms. The Morgan fingerprint density at radius 3 is 2.04 bits per heavy atom. The van der Waals surface area contributed by atoms with E-state index in [-0.39, 0.29) is 84.6 Å². The molecule has 2 aromatic carbocycles. The molecule has 2 saturated heterocycles. The second-order valence-corrected chi connectivity index (χ2v) is 34.7. The van der Waals surface area contributed by atoms with Crippen LogP contribution in [0.4, 0.5) is 11.8 Å². The molecule has 10 rings (SSSR count). The van der Waals surface area contributed by atoms with Gasteiger partial charge in [0.2, 0.25) is 11.7 Å². The molecule has 3 fully saturated rings. The number of carbonyl (C=O) groups excluding carboxylic acids is 5. The summed E-state index contributed by atoms with van der Waals surface area (Å²) in [5, 5.41) is 33.0. The van der Waals surface area contributed by atoms with E-state index in [0.717, 1.165) is 35.1 Å². The Morgan fingerprint density at radius 2 is 1.38 bits per heavy atom. The Balaban J connectivity index is 0.557. The molecule has 2 amide bonds. The van der Waals surface area contributed by atoms with Crippen molar-refractivity contribution >= 4 is 80.7 Å². The zero-order chi connectivity index (χ0) is 91.7. The van der Waals surface area contributed by atoms with Gasteiger partial charge in [0.25, 0.3) is 22.9 Å². The SMILES string of the molecule is CO[C@H]1C[C@@H]2CC[C@@H](C)[C@@](O)(O2)C(=O)C(=O)N2CCCC[C@H]2C(=O)O[C@H]([C@H](C)C[C@@H]2CC[C@@H](OC(=S)NCCOCCOCCOCCOCCOCCOCCOCCOCCC(=O)N3CCc4cc(Cn5nc(-c6ccc7oc(N)nc7c6)c6c(N)ncnc65)ccc4C3)[C@H](OC)C2)C[C@@H](OC)[C@H](C)/C=C(\C)[C@@H](O)[C@@H](OC)C(=O)[C@H](C)C[C@H](C)/C=C/C=CC=C1C. The molecule has 708 valence electrons. The number of aromatic nitrogens is 5. The number of nitrogen functional groups attached to an aromatic ring is 2. The molecule has 5 aromatic rings. The van der Waals surface area contributed by atoms with Crippen LogP contribution in [-0.4, -0.2) is 294 Å². The number of nitrogens with two attached hydrogens (primary N) is 2. The number of carbonyl (C=O) groups is 5. The number of fused-ring (bicyclic) bond motifs is 6. The first-order valence-electron chi connectivity index (χ1n) is 45.4. The molecule has 0 spiro atoms. The minimum absolute atomic E-state index is 0.0159. The van der Waals surface area contributed by atoms with Crippen molar-refractivity contribution in [3.63, 3.8) is 0 Å². The van der Waals surface area contributed by atoms with E-state index >= 15 is 0 Å². The molecule has 5 aliphatic rings. The number of Topliss-reactive ketones (excluding diaryl/α,β-unsaturated/α-hetero) is 2. The van der Waals surface area contributed by atoms with Gasteiger partial charge in [-0.1, -0.05) is 89.3 Å². The highest BCUT2D eigenvalue weighted by molar-refractivity contribution is 7.80. The number of allylic oxidation sites excluding steroid dienone is 5. The van der Waals surface area contributed by atoms with Gasteiger partial charge in [-0.2, -0.15) is 10.1 Å². The summed E-state index contributed by atoms with van der Waals surface area (Å²) in [4.78, 5) is 87.5. The standard InChI is InChI=1S/C94H138N10O23S/c1-60-17-13-12-14-18-61(2)77(112-8)55-72-25-20-66(7)94(111,127-72)87(108)90(109)103-31-16-15-19-74(103)91(110)124-79(56-78(113-9)62(3)50-65(6)85(107)86(115-11)84(106)64(5)49-60)63(4)51-67-22-26-76(80(53-67)114-10)126-93(128)97-30-34-117-36-38-119-40-42-121-44-46-123-48-47-122-45-43-120-41-39-118-37-35-116-33-29-81(105)102-32-28-69-52-68(21-23-71(69)58-102)57-104-89-82(88(95)98-59-99-89)83(101-104)70-24-27-75-73(54-70)100-92(96)125-75/h12-14,17-18,21,23-24,27,50,52,54,59-60,62-64,66-67,72,74,76-80,85-86,107,111H,15-16,19-20,22,25-26,28-49,51,53,55-58H2,1-11H3,(H2,96,100)(H,97,128)(H2,95,98,99)/b14-12?,17-13+,61-18?,65-50+/t60-,62-,63-,64-,66-,67+,72+,74+,76-,77+,78-,79+,80-,85-,86+,94-/m1/s1. The Morgan fingerprint density at radius 1 is 0.703 bits per heavy atom. The number of ketones is 2. The monoisotopic (exact) mass is 1810 g/mol. The maximum Gasteiger partial charge on any atom is 0.329 e. The topological polar surface area (TPSA) is 404 Å². The third kappa shape index (κ3) is 29.7. The van der Waals surface area contributed by atoms with Gasteiger partial charge in [-0.05, 0) is 160 Å². The summed E-state index contributed by atoms with van der Waals surface area (Å²) in [5.74, 6) is -6.75. The highest BCUT2D eigenvalue weighted by Gasteiger charge is 2.53. The van der Waals surface area contributed by atoms with Gasteiger partial charge in [0, 0.05) is 90.8 Å². The normalized spacial score (nSPS) is 26.8. The molecule has 16 atom stereocenters. The number of aliphatic hydroxyl groups excluding tert-OH is 1. The predicted octanol–water partition coefficient (Wildman–Crippen LogP) is 9.79. The number of nitrogens with one attached hydrogen (secondary N) is 1. The van der Waals surface area contributed by atoms with Crippen LogP contribution in [0, 0.1) is 35.5 Å². The third-order valence-electron chi connectivity index (χ3n) is 25.0. The average Bonchev–Trinajstić information content (AvgIpc) is 1.56. The number of cyclic esters (lactones) is 1. The van der Waals surface area contributed by atoms with E-state index in [0.29, 0.717) is 229 Å². The maximum absolute atomic E-state index is 14.9. The fourth-order valence-electron chi connectivity index (χ4n) is 17.6. The van der Waals surface area contributed by atoms with Crippen LogP contribution in [-0.2, 0) is 115 Å². The number of piperidine rings is 1. The fourth-order valence-corrected chi connectivity index (χ4v) is 17.8. The summed E-state index contributed by atoms with van der Waals surface area (Å²) in [6.45, 7) is 21.7.